The molecule has 5 heteroatoms. The van der Waals surface area contributed by atoms with E-state index in [0.29, 0.717) is 18.8 Å². The molecule has 98 valence electrons. The molecule has 1 aliphatic heterocycles. The van der Waals surface area contributed by atoms with Crippen LogP contribution >= 0.6 is 0 Å². The van der Waals surface area contributed by atoms with E-state index in [1.54, 1.807) is 6.07 Å². The Hall–Kier alpha value is -1.59. The van der Waals surface area contributed by atoms with Crippen molar-refractivity contribution >= 4 is 11.6 Å². The summed E-state index contributed by atoms with van der Waals surface area (Å²) in [4.78, 5) is 13.1. The van der Waals surface area contributed by atoms with Crippen LogP contribution in [0.15, 0.2) is 24.3 Å². The van der Waals surface area contributed by atoms with E-state index >= 15 is 0 Å². The predicted octanol–water partition coefficient (Wildman–Crippen LogP) is 0.109. The fraction of sp³-hybridized carbons (Fsp3) is 0.462. The topological polar surface area (TPSA) is 92.6 Å². The first-order valence-electron chi connectivity index (χ1n) is 6.12. The molecule has 2 atom stereocenters. The maximum Gasteiger partial charge on any atom is 0.221 e. The van der Waals surface area contributed by atoms with Crippen molar-refractivity contribution in [2.75, 3.05) is 25.4 Å². The number of para-hydroxylation sites is 1. The van der Waals surface area contributed by atoms with Crippen molar-refractivity contribution in [3.63, 3.8) is 0 Å². The molecule has 1 heterocycles. The monoisotopic (exact) mass is 249 g/mol. The summed E-state index contributed by atoms with van der Waals surface area (Å²) in [6.45, 7) is 1.90. The number of amides is 1. The van der Waals surface area contributed by atoms with Crippen molar-refractivity contribution < 1.29 is 9.90 Å². The number of nitrogen functional groups attached to an aromatic ring is 1. The van der Waals surface area contributed by atoms with Gasteiger partial charge in [-0.15, -0.1) is 0 Å². The molecule has 5 N–H and O–H groups in total. The number of anilines is 1. The molecular weight excluding hydrogens is 230 g/mol. The number of likely N-dealkylation sites (tertiary alicyclic amines) is 1. The first kappa shape index (κ1) is 12.9. The molecule has 1 aliphatic rings. The van der Waals surface area contributed by atoms with Gasteiger partial charge in [0.2, 0.25) is 5.91 Å². The van der Waals surface area contributed by atoms with Gasteiger partial charge in [-0.05, 0) is 19.0 Å². The molecular formula is C13H19N3O2. The minimum atomic E-state index is -0.627. The molecule has 0 aliphatic carbocycles. The Kier molecular flexibility index (Phi) is 3.84. The number of benzene rings is 1. The summed E-state index contributed by atoms with van der Waals surface area (Å²) in [5.74, 6) is -0.350. The summed E-state index contributed by atoms with van der Waals surface area (Å²) in [6, 6.07) is 7.28. The lowest BCUT2D eigenvalue weighted by atomic mass is 10.1. The summed E-state index contributed by atoms with van der Waals surface area (Å²) >= 11 is 0. The number of nitrogens with zero attached hydrogens (tertiary/aromatic N) is 1. The van der Waals surface area contributed by atoms with Gasteiger partial charge in [0.1, 0.15) is 0 Å². The number of aliphatic hydroxyl groups is 1. The van der Waals surface area contributed by atoms with Gasteiger partial charge in [0.05, 0.1) is 12.0 Å². The number of β-amino-alcohol motifs (C(OH)–C–C–N with tert-alkyl or cyclic N) is 1. The van der Waals surface area contributed by atoms with Crippen molar-refractivity contribution in [3.8, 4) is 0 Å². The molecule has 0 spiro atoms. The highest BCUT2D eigenvalue weighted by atomic mass is 16.3. The average molecular weight is 249 g/mol. The first-order valence-corrected chi connectivity index (χ1v) is 6.12. The van der Waals surface area contributed by atoms with Crippen LogP contribution < -0.4 is 11.5 Å². The molecule has 18 heavy (non-hydrogen) atoms. The summed E-state index contributed by atoms with van der Waals surface area (Å²) in [7, 11) is 0. The first-order chi connectivity index (χ1) is 8.58. The van der Waals surface area contributed by atoms with Crippen LogP contribution in [0.2, 0.25) is 0 Å². The van der Waals surface area contributed by atoms with Gasteiger partial charge in [-0.3, -0.25) is 9.69 Å². The SMILES string of the molecule is NC(=O)C1CCN(CC(O)c2ccccc2N)C1. The third-order valence-corrected chi connectivity index (χ3v) is 3.46. The highest BCUT2D eigenvalue weighted by Crippen LogP contribution is 2.23. The fourth-order valence-electron chi connectivity index (χ4n) is 2.39. The summed E-state index contributed by atoms with van der Waals surface area (Å²) in [5.41, 5.74) is 12.4. The van der Waals surface area contributed by atoms with Gasteiger partial charge in [0.15, 0.2) is 0 Å². The molecule has 2 unspecified atom stereocenters. The van der Waals surface area contributed by atoms with Gasteiger partial charge in [0.25, 0.3) is 0 Å². The van der Waals surface area contributed by atoms with Crippen molar-refractivity contribution in [1.29, 1.82) is 0 Å². The van der Waals surface area contributed by atoms with Gasteiger partial charge in [-0.1, -0.05) is 18.2 Å². The Labute approximate surface area is 106 Å². The van der Waals surface area contributed by atoms with Crippen molar-refractivity contribution in [2.45, 2.75) is 12.5 Å². The van der Waals surface area contributed by atoms with Gasteiger partial charge < -0.3 is 16.6 Å². The number of aliphatic hydroxyl groups excluding tert-OH is 1. The lowest BCUT2D eigenvalue weighted by Crippen LogP contribution is -2.30. The Morgan fingerprint density at radius 3 is 2.83 bits per heavy atom. The molecule has 0 bridgehead atoms. The zero-order chi connectivity index (χ0) is 13.1. The maximum atomic E-state index is 11.1. The molecule has 1 aromatic rings. The Bertz CT molecular complexity index is 436. The minimum absolute atomic E-state index is 0.0923. The molecule has 0 radical (unpaired) electrons. The Morgan fingerprint density at radius 2 is 2.22 bits per heavy atom. The lowest BCUT2D eigenvalue weighted by Gasteiger charge is -2.21. The van der Waals surface area contributed by atoms with Crippen LogP contribution in [-0.4, -0.2) is 35.5 Å². The van der Waals surface area contributed by atoms with Crippen LogP contribution in [0.25, 0.3) is 0 Å². The van der Waals surface area contributed by atoms with E-state index in [-0.39, 0.29) is 11.8 Å². The molecule has 0 aromatic heterocycles. The van der Waals surface area contributed by atoms with Crippen LogP contribution in [-0.2, 0) is 4.79 Å². The van der Waals surface area contributed by atoms with E-state index in [9.17, 15) is 9.90 Å². The second-order valence-electron chi connectivity index (χ2n) is 4.79. The zero-order valence-corrected chi connectivity index (χ0v) is 10.2. The number of carbonyl (C=O) groups excluding carboxylic acids is 1. The van der Waals surface area contributed by atoms with Crippen LogP contribution in [0.1, 0.15) is 18.1 Å². The van der Waals surface area contributed by atoms with Gasteiger partial charge in [0, 0.05) is 24.3 Å². The van der Waals surface area contributed by atoms with E-state index in [0.717, 1.165) is 18.5 Å². The summed E-state index contributed by atoms with van der Waals surface area (Å²) in [6.07, 6.45) is 0.143. The highest BCUT2D eigenvalue weighted by Gasteiger charge is 2.28. The number of hydrogen-bond acceptors (Lipinski definition) is 4. The second-order valence-corrected chi connectivity index (χ2v) is 4.79. The van der Waals surface area contributed by atoms with Gasteiger partial charge >= 0.3 is 0 Å². The maximum absolute atomic E-state index is 11.1. The van der Waals surface area contributed by atoms with Crippen molar-refractivity contribution in [3.05, 3.63) is 29.8 Å². The molecule has 1 fully saturated rings. The van der Waals surface area contributed by atoms with E-state index in [2.05, 4.69) is 0 Å². The quantitative estimate of drug-likeness (QED) is 0.660. The standard InChI is InChI=1S/C13H19N3O2/c14-11-4-2-1-3-10(11)12(17)8-16-6-5-9(7-16)13(15)18/h1-4,9,12,17H,5-8,14H2,(H2,15,18). The van der Waals surface area contributed by atoms with E-state index < -0.39 is 6.10 Å². The molecule has 5 nitrogen and oxygen atoms in total. The number of hydrogen-bond donors (Lipinski definition) is 3. The van der Waals surface area contributed by atoms with E-state index in [1.165, 1.54) is 0 Å². The van der Waals surface area contributed by atoms with Gasteiger partial charge in [-0.25, -0.2) is 0 Å². The highest BCUT2D eigenvalue weighted by molar-refractivity contribution is 5.77. The average Bonchev–Trinajstić information content (AvgIpc) is 2.78. The largest absolute Gasteiger partial charge is 0.398 e. The third-order valence-electron chi connectivity index (χ3n) is 3.46. The van der Waals surface area contributed by atoms with Crippen LogP contribution in [0.5, 0.6) is 0 Å². The smallest absolute Gasteiger partial charge is 0.221 e. The second kappa shape index (κ2) is 5.37. The molecule has 1 amide bonds. The number of nitrogens with two attached hydrogens (primary N) is 2. The summed E-state index contributed by atoms with van der Waals surface area (Å²) < 4.78 is 0. The lowest BCUT2D eigenvalue weighted by molar-refractivity contribution is -0.121. The van der Waals surface area contributed by atoms with Crippen LogP contribution in [0.3, 0.4) is 0 Å². The third kappa shape index (κ3) is 2.80. The Balaban J connectivity index is 1.95. The normalized spacial score (nSPS) is 21.9. The number of carbonyl (C=O) groups is 1. The predicted molar refractivity (Wildman–Crippen MR) is 69.6 cm³/mol. The Morgan fingerprint density at radius 1 is 1.50 bits per heavy atom. The zero-order valence-electron chi connectivity index (χ0n) is 10.2. The van der Waals surface area contributed by atoms with E-state index in [1.807, 2.05) is 23.1 Å². The van der Waals surface area contributed by atoms with Crippen molar-refractivity contribution in [2.24, 2.45) is 11.7 Å². The molecule has 1 saturated heterocycles. The number of primary amides is 1. The van der Waals surface area contributed by atoms with E-state index in [4.69, 9.17) is 11.5 Å². The molecule has 0 saturated carbocycles. The fourth-order valence-corrected chi connectivity index (χ4v) is 2.39. The summed E-state index contributed by atoms with van der Waals surface area (Å²) in [5, 5.41) is 10.1. The van der Waals surface area contributed by atoms with Crippen molar-refractivity contribution in [1.82, 2.24) is 4.90 Å². The minimum Gasteiger partial charge on any atom is -0.398 e. The molecule has 2 rings (SSSR count). The number of rotatable bonds is 4. The van der Waals surface area contributed by atoms with Gasteiger partial charge in [-0.2, -0.15) is 0 Å². The van der Waals surface area contributed by atoms with Crippen LogP contribution in [0.4, 0.5) is 5.69 Å². The van der Waals surface area contributed by atoms with Crippen LogP contribution in [0, 0.1) is 5.92 Å². The molecule has 1 aromatic carbocycles.